The molecule has 1 rings (SSSR count). The number of carboxylic acids is 1. The zero-order chi connectivity index (χ0) is 11.3. The summed E-state index contributed by atoms with van der Waals surface area (Å²) in [4.78, 5) is 10.4. The second-order valence-corrected chi connectivity index (χ2v) is 3.20. The van der Waals surface area contributed by atoms with E-state index in [0.29, 0.717) is 6.42 Å². The maximum absolute atomic E-state index is 10.4. The van der Waals surface area contributed by atoms with Gasteiger partial charge in [0.1, 0.15) is 5.60 Å². The summed E-state index contributed by atoms with van der Waals surface area (Å²) in [5.74, 6) is -0.234. The Hall–Kier alpha value is -1.55. The zero-order valence-corrected chi connectivity index (χ0v) is 8.77. The van der Waals surface area contributed by atoms with Crippen molar-refractivity contribution in [2.75, 3.05) is 14.2 Å². The Bertz CT molecular complexity index is 327. The smallest absolute Gasteiger partial charge is 0.328 e. The second kappa shape index (κ2) is 4.79. The van der Waals surface area contributed by atoms with Crippen LogP contribution < -0.4 is 0 Å². The minimum absolute atomic E-state index is 0.500. The van der Waals surface area contributed by atoms with Crippen molar-refractivity contribution in [3.05, 3.63) is 36.1 Å². The minimum atomic E-state index is -0.992. The van der Waals surface area contributed by atoms with E-state index >= 15 is 0 Å². The van der Waals surface area contributed by atoms with Crippen LogP contribution in [0, 0.1) is 0 Å². The highest BCUT2D eigenvalue weighted by Crippen LogP contribution is 2.27. The number of ether oxygens (including phenoxy) is 2. The highest BCUT2D eigenvalue weighted by molar-refractivity contribution is 5.80. The van der Waals surface area contributed by atoms with Crippen LogP contribution in [0.25, 0.3) is 0 Å². The first-order valence-electron chi connectivity index (χ1n) is 4.51. The van der Waals surface area contributed by atoms with Crippen LogP contribution in [0.2, 0.25) is 0 Å². The highest BCUT2D eigenvalue weighted by Gasteiger charge is 2.27. The van der Waals surface area contributed by atoms with E-state index in [-0.39, 0.29) is 0 Å². The standard InChI is InChI=1S/C11H14O4/c1-14-9-4-3-6-11(8-9,15-2)7-5-10(12)13/h3-7H,8H2,1-2H3,(H,12,13). The molecule has 4 nitrogen and oxygen atoms in total. The van der Waals surface area contributed by atoms with Gasteiger partial charge in [0.15, 0.2) is 0 Å². The molecule has 0 radical (unpaired) electrons. The van der Waals surface area contributed by atoms with Crippen molar-refractivity contribution in [2.45, 2.75) is 12.0 Å². The van der Waals surface area contributed by atoms with Gasteiger partial charge in [0.05, 0.1) is 12.9 Å². The van der Waals surface area contributed by atoms with Crippen molar-refractivity contribution in [3.8, 4) is 0 Å². The molecule has 0 fully saturated rings. The third-order valence-corrected chi connectivity index (χ3v) is 2.26. The van der Waals surface area contributed by atoms with Gasteiger partial charge in [0.2, 0.25) is 0 Å². The van der Waals surface area contributed by atoms with Crippen LogP contribution in [-0.4, -0.2) is 30.9 Å². The Balaban J connectivity index is 2.84. The summed E-state index contributed by atoms with van der Waals surface area (Å²) < 4.78 is 10.4. The lowest BCUT2D eigenvalue weighted by Gasteiger charge is -2.28. The first-order valence-corrected chi connectivity index (χ1v) is 4.51. The summed E-state index contributed by atoms with van der Waals surface area (Å²) in [5, 5.41) is 8.56. The van der Waals surface area contributed by atoms with Crippen LogP contribution in [0.5, 0.6) is 0 Å². The molecular weight excluding hydrogens is 196 g/mol. The van der Waals surface area contributed by atoms with Gasteiger partial charge in [-0.25, -0.2) is 4.79 Å². The lowest BCUT2D eigenvalue weighted by atomic mass is 9.93. The van der Waals surface area contributed by atoms with Crippen LogP contribution >= 0.6 is 0 Å². The fourth-order valence-electron chi connectivity index (χ4n) is 1.38. The van der Waals surface area contributed by atoms with Crippen LogP contribution in [0.1, 0.15) is 6.42 Å². The summed E-state index contributed by atoms with van der Waals surface area (Å²) in [6, 6.07) is 0. The Morgan fingerprint density at radius 3 is 2.87 bits per heavy atom. The maximum Gasteiger partial charge on any atom is 0.328 e. The van der Waals surface area contributed by atoms with Gasteiger partial charge in [-0.1, -0.05) is 6.08 Å². The van der Waals surface area contributed by atoms with Crippen molar-refractivity contribution in [3.63, 3.8) is 0 Å². The van der Waals surface area contributed by atoms with Crippen LogP contribution in [0.15, 0.2) is 36.1 Å². The summed E-state index contributed by atoms with van der Waals surface area (Å²) >= 11 is 0. The van der Waals surface area contributed by atoms with E-state index in [1.807, 2.05) is 6.08 Å². The van der Waals surface area contributed by atoms with Crippen LogP contribution in [0.3, 0.4) is 0 Å². The van der Waals surface area contributed by atoms with E-state index in [1.54, 1.807) is 19.3 Å². The number of carboxylic acid groups (broad SMARTS) is 1. The number of allylic oxidation sites excluding steroid dienone is 2. The van der Waals surface area contributed by atoms with E-state index in [2.05, 4.69) is 0 Å². The Morgan fingerprint density at radius 1 is 1.60 bits per heavy atom. The molecule has 1 atom stereocenters. The lowest BCUT2D eigenvalue weighted by Crippen LogP contribution is -2.29. The number of carbonyl (C=O) groups is 1. The van der Waals surface area contributed by atoms with E-state index in [0.717, 1.165) is 11.8 Å². The fourth-order valence-corrected chi connectivity index (χ4v) is 1.38. The van der Waals surface area contributed by atoms with Gasteiger partial charge in [0.25, 0.3) is 0 Å². The Morgan fingerprint density at radius 2 is 2.33 bits per heavy atom. The molecule has 0 aromatic carbocycles. The highest BCUT2D eigenvalue weighted by atomic mass is 16.5. The molecule has 0 saturated heterocycles. The monoisotopic (exact) mass is 210 g/mol. The van der Waals surface area contributed by atoms with E-state index in [9.17, 15) is 4.79 Å². The van der Waals surface area contributed by atoms with Crippen molar-refractivity contribution in [1.82, 2.24) is 0 Å². The van der Waals surface area contributed by atoms with Crippen molar-refractivity contribution in [2.24, 2.45) is 0 Å². The van der Waals surface area contributed by atoms with Crippen molar-refractivity contribution < 1.29 is 19.4 Å². The van der Waals surface area contributed by atoms with E-state index in [4.69, 9.17) is 14.6 Å². The second-order valence-electron chi connectivity index (χ2n) is 3.20. The topological polar surface area (TPSA) is 55.8 Å². The van der Waals surface area contributed by atoms with Crippen molar-refractivity contribution in [1.29, 1.82) is 0 Å². The van der Waals surface area contributed by atoms with Crippen molar-refractivity contribution >= 4 is 5.97 Å². The molecule has 0 spiro atoms. The molecule has 82 valence electrons. The average Bonchev–Trinajstić information content (AvgIpc) is 2.26. The summed E-state index contributed by atoms with van der Waals surface area (Å²) in [6.45, 7) is 0. The molecule has 4 heteroatoms. The van der Waals surface area contributed by atoms with Crippen LogP contribution in [0.4, 0.5) is 0 Å². The maximum atomic E-state index is 10.4. The predicted octanol–water partition coefficient (Wildman–Crippen LogP) is 1.50. The van der Waals surface area contributed by atoms with Gasteiger partial charge in [0, 0.05) is 19.6 Å². The molecule has 1 aliphatic carbocycles. The molecule has 0 aromatic rings. The molecule has 1 N–H and O–H groups in total. The third-order valence-electron chi connectivity index (χ3n) is 2.26. The molecule has 0 bridgehead atoms. The van der Waals surface area contributed by atoms with E-state index < -0.39 is 11.6 Å². The number of rotatable bonds is 4. The van der Waals surface area contributed by atoms with Crippen LogP contribution in [-0.2, 0) is 14.3 Å². The lowest BCUT2D eigenvalue weighted by molar-refractivity contribution is -0.131. The number of aliphatic carboxylic acids is 1. The molecule has 0 aliphatic heterocycles. The average molecular weight is 210 g/mol. The molecule has 1 unspecified atom stereocenters. The number of hydrogen-bond acceptors (Lipinski definition) is 3. The summed E-state index contributed by atoms with van der Waals surface area (Å²) in [6.07, 6.45) is 8.50. The normalized spacial score (nSPS) is 25.3. The third kappa shape index (κ3) is 2.95. The first-order chi connectivity index (χ1) is 7.12. The molecule has 1 aliphatic rings. The summed E-state index contributed by atoms with van der Waals surface area (Å²) in [5.41, 5.74) is -0.710. The minimum Gasteiger partial charge on any atom is -0.501 e. The van der Waals surface area contributed by atoms with Gasteiger partial charge in [-0.05, 0) is 18.2 Å². The predicted molar refractivity (Wildman–Crippen MR) is 55.4 cm³/mol. The molecule has 0 amide bonds. The zero-order valence-electron chi connectivity index (χ0n) is 8.77. The Labute approximate surface area is 88.5 Å². The van der Waals surface area contributed by atoms with E-state index in [1.165, 1.54) is 13.2 Å². The fraction of sp³-hybridized carbons (Fsp3) is 0.364. The largest absolute Gasteiger partial charge is 0.501 e. The SMILES string of the molecule is COC1=CC=CC(C=CC(=O)O)(OC)C1. The quantitative estimate of drug-likeness (QED) is 0.714. The summed E-state index contributed by atoms with van der Waals surface area (Å²) in [7, 11) is 3.11. The molecular formula is C11H14O4. The van der Waals surface area contributed by atoms with Gasteiger partial charge in [-0.2, -0.15) is 0 Å². The Kier molecular flexibility index (Phi) is 3.68. The molecule has 15 heavy (non-hydrogen) atoms. The molecule has 0 aromatic heterocycles. The number of hydrogen-bond donors (Lipinski definition) is 1. The van der Waals surface area contributed by atoms with Gasteiger partial charge in [-0.15, -0.1) is 0 Å². The van der Waals surface area contributed by atoms with Gasteiger partial charge >= 0.3 is 5.97 Å². The first kappa shape index (κ1) is 11.5. The molecule has 0 saturated carbocycles. The van der Waals surface area contributed by atoms with Gasteiger partial charge < -0.3 is 14.6 Å². The molecule has 0 heterocycles. The number of methoxy groups -OCH3 is 2. The van der Waals surface area contributed by atoms with Gasteiger partial charge in [-0.3, -0.25) is 0 Å².